The number of sulfone groups is 1. The Balaban J connectivity index is 2.25. The van der Waals surface area contributed by atoms with Crippen LogP contribution in [0.5, 0.6) is 5.88 Å². The lowest BCUT2D eigenvalue weighted by atomic mass is 10.2. The van der Waals surface area contributed by atoms with Crippen molar-refractivity contribution < 1.29 is 22.7 Å². The van der Waals surface area contributed by atoms with Gasteiger partial charge in [0.25, 0.3) is 0 Å². The van der Waals surface area contributed by atoms with E-state index in [0.717, 1.165) is 6.07 Å². The molecule has 1 aromatic heterocycles. The molecule has 1 heterocycles. The van der Waals surface area contributed by atoms with Crippen molar-refractivity contribution in [2.24, 2.45) is 5.73 Å². The van der Waals surface area contributed by atoms with Gasteiger partial charge < -0.3 is 10.8 Å². The van der Waals surface area contributed by atoms with Crippen LogP contribution in [0.2, 0.25) is 5.02 Å². The second-order valence-corrected chi connectivity index (χ2v) is 7.74. The molecule has 0 aliphatic rings. The zero-order valence-electron chi connectivity index (χ0n) is 12.6. The second-order valence-electron chi connectivity index (χ2n) is 5.38. The lowest BCUT2D eigenvalue weighted by Crippen LogP contribution is -2.19. The molecule has 9 heteroatoms. The quantitative estimate of drug-likeness (QED) is 0.726. The highest BCUT2D eigenvalue weighted by atomic mass is 35.5. The Morgan fingerprint density at radius 1 is 1.24 bits per heavy atom. The molecule has 25 heavy (non-hydrogen) atoms. The monoisotopic (exact) mass is 382 g/mol. The summed E-state index contributed by atoms with van der Waals surface area (Å²) < 4.78 is 39.6. The molecule has 1 amide bonds. The van der Waals surface area contributed by atoms with Gasteiger partial charge in [0.1, 0.15) is 10.7 Å². The maximum Gasteiger partial charge on any atom is 0.326 e. The molecule has 0 saturated carbocycles. The number of aromatic nitrogens is 1. The minimum atomic E-state index is -4.12. The second kappa shape index (κ2) is 6.05. The van der Waals surface area contributed by atoms with Crippen LogP contribution in [-0.4, -0.2) is 24.1 Å². The maximum atomic E-state index is 13.3. The molecule has 0 saturated heterocycles. The third-order valence-corrected chi connectivity index (χ3v) is 5.61. The number of benzene rings is 2. The predicted octanol–water partition coefficient (Wildman–Crippen LogP) is 3.04. The number of nitrogens with zero attached hydrogens (tertiary/aromatic N) is 1. The van der Waals surface area contributed by atoms with Crippen LogP contribution in [-0.2, 0) is 15.6 Å². The van der Waals surface area contributed by atoms with Gasteiger partial charge in [-0.1, -0.05) is 23.7 Å². The predicted molar refractivity (Wildman–Crippen MR) is 90.9 cm³/mol. The van der Waals surface area contributed by atoms with Gasteiger partial charge >= 0.3 is 6.03 Å². The molecule has 3 aromatic rings. The minimum absolute atomic E-state index is 0.0557. The number of carbonyl (C=O) groups excluding carboxylic acids is 1. The fourth-order valence-electron chi connectivity index (χ4n) is 2.67. The molecule has 0 aliphatic carbocycles. The molecule has 0 atom stereocenters. The topological polar surface area (TPSA) is 102 Å². The van der Waals surface area contributed by atoms with E-state index in [4.69, 9.17) is 17.3 Å². The number of carbonyl (C=O) groups is 1. The molecule has 0 radical (unpaired) electrons. The Hall–Kier alpha value is -2.58. The van der Waals surface area contributed by atoms with E-state index in [-0.39, 0.29) is 21.5 Å². The smallest absolute Gasteiger partial charge is 0.326 e. The number of amides is 1. The third-order valence-electron chi connectivity index (χ3n) is 3.64. The first-order chi connectivity index (χ1) is 11.7. The van der Waals surface area contributed by atoms with Gasteiger partial charge in [0, 0.05) is 10.4 Å². The maximum absolute atomic E-state index is 13.3. The summed E-state index contributed by atoms with van der Waals surface area (Å²) >= 11 is 5.91. The molecule has 0 unspecified atom stereocenters. The van der Waals surface area contributed by atoms with Crippen LogP contribution in [0.3, 0.4) is 0 Å². The Bertz CT molecular complexity index is 1110. The number of fused-ring (bicyclic) bond motifs is 1. The lowest BCUT2D eigenvalue weighted by Gasteiger charge is -2.05. The third kappa shape index (κ3) is 3.06. The number of halogens is 2. The number of nitrogens with two attached hydrogens (primary N) is 1. The highest BCUT2D eigenvalue weighted by molar-refractivity contribution is 7.91. The number of hydrogen-bond acceptors (Lipinski definition) is 4. The standard InChI is InChI=1S/C16H12ClFN2O4S/c17-10-4-5-13-12(7-10)14(15(21)20(13)16(19)22)25(23,24)8-9-2-1-3-11(18)6-9/h1-7,21H,8H2,(H2,19,22). The van der Waals surface area contributed by atoms with Gasteiger partial charge in [0.05, 0.1) is 11.3 Å². The Labute approximate surface area is 147 Å². The van der Waals surface area contributed by atoms with Crippen molar-refractivity contribution in [3.05, 3.63) is 58.9 Å². The number of primary amides is 1. The fourth-order valence-corrected chi connectivity index (χ4v) is 4.47. The molecule has 130 valence electrons. The highest BCUT2D eigenvalue weighted by Gasteiger charge is 2.29. The van der Waals surface area contributed by atoms with Crippen LogP contribution >= 0.6 is 11.6 Å². The first kappa shape index (κ1) is 17.2. The Kier molecular flexibility index (Phi) is 4.18. The van der Waals surface area contributed by atoms with E-state index >= 15 is 0 Å². The van der Waals surface area contributed by atoms with E-state index < -0.39 is 38.2 Å². The zero-order valence-corrected chi connectivity index (χ0v) is 14.2. The van der Waals surface area contributed by atoms with E-state index in [9.17, 15) is 22.7 Å². The van der Waals surface area contributed by atoms with Gasteiger partial charge in [0.15, 0.2) is 9.84 Å². The summed E-state index contributed by atoms with van der Waals surface area (Å²) in [6, 6.07) is 8.17. The van der Waals surface area contributed by atoms with Crippen LogP contribution in [0.4, 0.5) is 9.18 Å². The fraction of sp³-hybridized carbons (Fsp3) is 0.0625. The summed E-state index contributed by atoms with van der Waals surface area (Å²) in [5.41, 5.74) is 5.53. The van der Waals surface area contributed by atoms with Crippen LogP contribution in [0.25, 0.3) is 10.9 Å². The van der Waals surface area contributed by atoms with Crippen molar-refractivity contribution in [3.8, 4) is 5.88 Å². The Morgan fingerprint density at radius 2 is 1.96 bits per heavy atom. The molecule has 2 aromatic carbocycles. The summed E-state index contributed by atoms with van der Waals surface area (Å²) in [6.07, 6.45) is 0. The van der Waals surface area contributed by atoms with Gasteiger partial charge in [-0.25, -0.2) is 22.2 Å². The van der Waals surface area contributed by atoms with Crippen molar-refractivity contribution in [2.45, 2.75) is 10.6 Å². The number of rotatable bonds is 3. The van der Waals surface area contributed by atoms with Gasteiger partial charge in [-0.05, 0) is 35.9 Å². The highest BCUT2D eigenvalue weighted by Crippen LogP contribution is 2.37. The van der Waals surface area contributed by atoms with Crippen LogP contribution in [0, 0.1) is 5.82 Å². The van der Waals surface area contributed by atoms with Crippen molar-refractivity contribution in [1.82, 2.24) is 4.57 Å². The summed E-state index contributed by atoms with van der Waals surface area (Å²) in [6.45, 7) is 0. The van der Waals surface area contributed by atoms with Crippen molar-refractivity contribution >= 4 is 38.4 Å². The molecule has 6 nitrogen and oxygen atoms in total. The van der Waals surface area contributed by atoms with Crippen LogP contribution in [0.15, 0.2) is 47.4 Å². The van der Waals surface area contributed by atoms with Crippen molar-refractivity contribution in [1.29, 1.82) is 0 Å². The summed E-state index contributed by atoms with van der Waals surface area (Å²) in [5.74, 6) is -1.95. The van der Waals surface area contributed by atoms with Crippen LogP contribution in [0.1, 0.15) is 5.56 Å². The molecule has 0 aliphatic heterocycles. The van der Waals surface area contributed by atoms with E-state index in [1.807, 2.05) is 0 Å². The van der Waals surface area contributed by atoms with Gasteiger partial charge in [-0.3, -0.25) is 0 Å². The van der Waals surface area contributed by atoms with Crippen molar-refractivity contribution in [2.75, 3.05) is 0 Å². The average molecular weight is 383 g/mol. The molecular weight excluding hydrogens is 371 g/mol. The van der Waals surface area contributed by atoms with E-state index in [1.165, 1.54) is 36.4 Å². The lowest BCUT2D eigenvalue weighted by molar-refractivity contribution is 0.248. The van der Waals surface area contributed by atoms with Crippen molar-refractivity contribution in [3.63, 3.8) is 0 Å². The van der Waals surface area contributed by atoms with Gasteiger partial charge in [-0.15, -0.1) is 0 Å². The van der Waals surface area contributed by atoms with Crippen LogP contribution < -0.4 is 5.73 Å². The normalized spacial score (nSPS) is 11.8. The first-order valence-electron chi connectivity index (χ1n) is 7.00. The van der Waals surface area contributed by atoms with Gasteiger partial charge in [-0.2, -0.15) is 0 Å². The molecule has 3 rings (SSSR count). The van der Waals surface area contributed by atoms with Gasteiger partial charge in [0.2, 0.25) is 5.88 Å². The van der Waals surface area contributed by atoms with E-state index in [0.29, 0.717) is 4.57 Å². The minimum Gasteiger partial charge on any atom is -0.493 e. The summed E-state index contributed by atoms with van der Waals surface area (Å²) in [7, 11) is -4.12. The van der Waals surface area contributed by atoms with E-state index in [1.54, 1.807) is 0 Å². The summed E-state index contributed by atoms with van der Waals surface area (Å²) in [5, 5.41) is 10.6. The zero-order chi connectivity index (χ0) is 18.4. The molecule has 3 N–H and O–H groups in total. The molecule has 0 fully saturated rings. The number of aromatic hydroxyl groups is 1. The molecule has 0 spiro atoms. The SMILES string of the molecule is NC(=O)n1c(O)c(S(=O)(=O)Cc2cccc(F)c2)c2cc(Cl)ccc21. The Morgan fingerprint density at radius 3 is 2.60 bits per heavy atom. The summed E-state index contributed by atoms with van der Waals surface area (Å²) in [4.78, 5) is 11.1. The largest absolute Gasteiger partial charge is 0.493 e. The molecular formula is C16H12ClFN2O4S. The molecule has 0 bridgehead atoms. The average Bonchev–Trinajstić information content (AvgIpc) is 2.78. The van der Waals surface area contributed by atoms with E-state index in [2.05, 4.69) is 0 Å². The number of hydrogen-bond donors (Lipinski definition) is 2. The first-order valence-corrected chi connectivity index (χ1v) is 9.03.